The van der Waals surface area contributed by atoms with Crippen LogP contribution in [-0.2, 0) is 36.5 Å². The Kier molecular flexibility index (Phi) is 9.12. The fourth-order valence-corrected chi connectivity index (χ4v) is 7.18. The number of aromatic nitrogens is 4. The zero-order valence-electron chi connectivity index (χ0n) is 27.7. The molecule has 3 aromatic heterocycles. The van der Waals surface area contributed by atoms with Gasteiger partial charge < -0.3 is 25.4 Å². The summed E-state index contributed by atoms with van der Waals surface area (Å²) in [6, 6.07) is 15.0. The summed E-state index contributed by atoms with van der Waals surface area (Å²) in [5, 5.41) is 10.3. The highest BCUT2D eigenvalue weighted by atomic mass is 35.5. The molecule has 1 amide bonds. The number of nitrogens with one attached hydrogen (secondary N) is 3. The molecule has 1 spiro atoms. The van der Waals surface area contributed by atoms with Crippen LogP contribution in [0.25, 0.3) is 33.3 Å². The fraction of sp³-hybridized carbons (Fsp3) is 0.306. The van der Waals surface area contributed by atoms with E-state index < -0.39 is 11.2 Å². The average molecular weight is 717 g/mol. The highest BCUT2D eigenvalue weighted by Crippen LogP contribution is 2.43. The van der Waals surface area contributed by atoms with Gasteiger partial charge in [-0.05, 0) is 43.0 Å². The fourth-order valence-electron chi connectivity index (χ4n) is 6.58. The lowest BCUT2D eigenvalue weighted by Gasteiger charge is -2.44. The van der Waals surface area contributed by atoms with Crippen LogP contribution in [0, 0.1) is 0 Å². The zero-order valence-corrected chi connectivity index (χ0v) is 29.2. The summed E-state index contributed by atoms with van der Waals surface area (Å²) in [5.74, 6) is 0.932. The molecule has 2 aliphatic heterocycles. The molecule has 1 aliphatic carbocycles. The molecule has 0 radical (unpaired) electrons. The maximum atomic E-state index is 13.0. The van der Waals surface area contributed by atoms with Crippen molar-refractivity contribution >= 4 is 51.5 Å². The van der Waals surface area contributed by atoms with Crippen LogP contribution in [0.2, 0.25) is 10.0 Å². The lowest BCUT2D eigenvalue weighted by molar-refractivity contribution is -0.150. The number of fused-ring (bicyclic) bond motifs is 2. The molecule has 0 bridgehead atoms. The number of halogens is 2. The van der Waals surface area contributed by atoms with E-state index in [1.807, 2.05) is 30.3 Å². The molecule has 258 valence electrons. The summed E-state index contributed by atoms with van der Waals surface area (Å²) < 4.78 is 13.4. The van der Waals surface area contributed by atoms with Gasteiger partial charge in [-0.25, -0.2) is 14.8 Å². The molecular formula is C36H35Cl2N7O5. The normalized spacial score (nSPS) is 15.9. The minimum Gasteiger partial charge on any atom is -0.481 e. The van der Waals surface area contributed by atoms with Crippen LogP contribution in [0.5, 0.6) is 5.88 Å². The highest BCUT2D eigenvalue weighted by Gasteiger charge is 2.41. The summed E-state index contributed by atoms with van der Waals surface area (Å²) >= 11 is 14.0. The quantitative estimate of drug-likeness (QED) is 0.242. The van der Waals surface area contributed by atoms with E-state index in [0.29, 0.717) is 45.1 Å². The number of nitrogens with zero attached hydrogens (tertiary/aromatic N) is 4. The number of methoxy groups -OCH3 is 1. The zero-order chi connectivity index (χ0) is 35.2. The third-order valence-electron chi connectivity index (χ3n) is 9.46. The van der Waals surface area contributed by atoms with E-state index in [9.17, 15) is 14.4 Å². The molecule has 3 aliphatic rings. The number of hydrogen-bond acceptors (Lipinski definition) is 9. The van der Waals surface area contributed by atoms with Gasteiger partial charge in [-0.1, -0.05) is 53.5 Å². The number of hydrogen-bond donors (Lipinski definition) is 3. The molecule has 5 heterocycles. The van der Waals surface area contributed by atoms with E-state index in [1.54, 1.807) is 32.5 Å². The number of morpholine rings is 1. The van der Waals surface area contributed by atoms with Gasteiger partial charge in [0.05, 0.1) is 34.1 Å². The van der Waals surface area contributed by atoms with Crippen molar-refractivity contribution in [3.8, 4) is 28.3 Å². The number of anilines is 2. The lowest BCUT2D eigenvalue weighted by atomic mass is 9.96. The van der Waals surface area contributed by atoms with Gasteiger partial charge >= 0.3 is 5.69 Å². The van der Waals surface area contributed by atoms with E-state index in [-0.39, 0.29) is 23.5 Å². The molecule has 3 N–H and O–H groups in total. The molecule has 5 aromatic rings. The standard InChI is InChI=1S/C30H25Cl2N5O3.C6H10N2O2/c1-36-23-13-14-33-27(24(23)29(38)37(2)30(36)39)34-21-12-6-10-19(26(21)32)18-9-5-11-20(25(18)31)22-15-16-7-4-8-17(16)28(35-22)40-3;9-5-1-10-6(4-8-5)2-7-3-6/h5-6,9-15H,4,7-8H2,1-3H3,(H,33,34);7H,1-4H2,(H,8,9). The van der Waals surface area contributed by atoms with Crippen molar-refractivity contribution in [3.05, 3.63) is 96.7 Å². The maximum absolute atomic E-state index is 13.0. The van der Waals surface area contributed by atoms with Crippen molar-refractivity contribution in [2.45, 2.75) is 24.9 Å². The molecule has 12 nitrogen and oxygen atoms in total. The smallest absolute Gasteiger partial charge is 0.330 e. The van der Waals surface area contributed by atoms with Crippen molar-refractivity contribution in [3.63, 3.8) is 0 Å². The number of ether oxygens (including phenoxy) is 2. The number of rotatable bonds is 5. The molecule has 0 unspecified atom stereocenters. The molecule has 2 fully saturated rings. The average Bonchev–Trinajstić information content (AvgIpc) is 3.59. The highest BCUT2D eigenvalue weighted by molar-refractivity contribution is 6.39. The summed E-state index contributed by atoms with van der Waals surface area (Å²) in [6.07, 6.45) is 4.56. The van der Waals surface area contributed by atoms with Gasteiger partial charge in [-0.2, -0.15) is 0 Å². The van der Waals surface area contributed by atoms with Crippen molar-refractivity contribution in [1.29, 1.82) is 0 Å². The van der Waals surface area contributed by atoms with Crippen LogP contribution in [0.4, 0.5) is 11.5 Å². The van der Waals surface area contributed by atoms with Crippen LogP contribution >= 0.6 is 23.2 Å². The third-order valence-corrected chi connectivity index (χ3v) is 10.3. The largest absolute Gasteiger partial charge is 0.481 e. The Morgan fingerprint density at radius 1 is 0.940 bits per heavy atom. The third kappa shape index (κ3) is 6.02. The number of amides is 1. The lowest BCUT2D eigenvalue weighted by Crippen LogP contribution is -2.69. The predicted molar refractivity (Wildman–Crippen MR) is 194 cm³/mol. The molecule has 0 atom stereocenters. The van der Waals surface area contributed by atoms with Crippen LogP contribution in [0.3, 0.4) is 0 Å². The summed E-state index contributed by atoms with van der Waals surface area (Å²) in [5.41, 5.74) is 5.43. The summed E-state index contributed by atoms with van der Waals surface area (Å²) in [4.78, 5) is 45.2. The van der Waals surface area contributed by atoms with Crippen molar-refractivity contribution in [1.82, 2.24) is 29.7 Å². The van der Waals surface area contributed by atoms with Crippen LogP contribution < -0.4 is 31.9 Å². The first-order valence-corrected chi connectivity index (χ1v) is 16.9. The second kappa shape index (κ2) is 13.5. The van der Waals surface area contributed by atoms with Gasteiger partial charge in [-0.3, -0.25) is 18.7 Å². The Hall–Kier alpha value is -4.75. The molecule has 0 saturated carbocycles. The Balaban J connectivity index is 0.000000334. The van der Waals surface area contributed by atoms with Gasteiger partial charge in [0.15, 0.2) is 0 Å². The Morgan fingerprint density at radius 2 is 1.68 bits per heavy atom. The van der Waals surface area contributed by atoms with Crippen molar-refractivity contribution in [2.24, 2.45) is 14.1 Å². The topological polar surface area (TPSA) is 141 Å². The maximum Gasteiger partial charge on any atom is 0.330 e. The molecule has 14 heteroatoms. The van der Waals surface area contributed by atoms with E-state index >= 15 is 0 Å². The summed E-state index contributed by atoms with van der Waals surface area (Å²) in [7, 11) is 4.69. The molecule has 8 rings (SSSR count). The van der Waals surface area contributed by atoms with E-state index in [4.69, 9.17) is 37.7 Å². The first kappa shape index (κ1) is 33.7. The number of benzene rings is 2. The molecular weight excluding hydrogens is 681 g/mol. The monoisotopic (exact) mass is 715 g/mol. The molecule has 2 aromatic carbocycles. The van der Waals surface area contributed by atoms with E-state index in [1.165, 1.54) is 17.2 Å². The summed E-state index contributed by atoms with van der Waals surface area (Å²) in [6.45, 7) is 2.63. The van der Waals surface area contributed by atoms with Gasteiger partial charge in [0.1, 0.15) is 23.4 Å². The second-order valence-electron chi connectivity index (χ2n) is 12.6. The van der Waals surface area contributed by atoms with Crippen LogP contribution in [-0.4, -0.2) is 64.0 Å². The number of pyridine rings is 2. The second-order valence-corrected chi connectivity index (χ2v) is 13.3. The minimum atomic E-state index is -0.450. The van der Waals surface area contributed by atoms with E-state index in [0.717, 1.165) is 59.3 Å². The van der Waals surface area contributed by atoms with E-state index in [2.05, 4.69) is 27.0 Å². The van der Waals surface area contributed by atoms with Crippen molar-refractivity contribution in [2.75, 3.05) is 38.7 Å². The Bertz CT molecular complexity index is 2270. The van der Waals surface area contributed by atoms with Gasteiger partial charge in [0.2, 0.25) is 11.8 Å². The number of carbonyl (C=O) groups excluding carboxylic acids is 1. The Morgan fingerprint density at radius 3 is 2.38 bits per heavy atom. The Labute approximate surface area is 297 Å². The van der Waals surface area contributed by atoms with Gasteiger partial charge in [0.25, 0.3) is 5.56 Å². The number of aryl methyl sites for hydroxylation is 2. The predicted octanol–water partition coefficient (Wildman–Crippen LogP) is 4.38. The first-order valence-electron chi connectivity index (χ1n) is 16.2. The first-order chi connectivity index (χ1) is 24.1. The van der Waals surface area contributed by atoms with Crippen LogP contribution in [0.1, 0.15) is 17.5 Å². The minimum absolute atomic E-state index is 0.00229. The van der Waals surface area contributed by atoms with Crippen LogP contribution in [0.15, 0.2) is 64.3 Å². The van der Waals surface area contributed by atoms with Gasteiger partial charge in [0, 0.05) is 62.2 Å². The SMILES string of the molecule is COc1nc(-c2cccc(-c3cccc(Nc4nccc5c4c(=O)n(C)c(=O)n5C)c3Cl)c2Cl)cc2c1CCC2.O=C1COC2(CNC2)CN1. The van der Waals surface area contributed by atoms with Crippen molar-refractivity contribution < 1.29 is 14.3 Å². The molecule has 2 saturated heterocycles. The molecule has 50 heavy (non-hydrogen) atoms. The van der Waals surface area contributed by atoms with Gasteiger partial charge in [-0.15, -0.1) is 0 Å². The number of carbonyl (C=O) groups is 1.